The number of aromatic nitrogens is 3. The number of hydrogen-bond donors (Lipinski definition) is 1. The first-order valence-corrected chi connectivity index (χ1v) is 6.78. The normalized spacial score (nSPS) is 12.5. The van der Waals surface area contributed by atoms with Gasteiger partial charge in [-0.25, -0.2) is 4.98 Å². The Hall–Kier alpha value is -2.34. The van der Waals surface area contributed by atoms with Crippen molar-refractivity contribution >= 4 is 28.6 Å². The average Bonchev–Trinajstić information content (AvgIpc) is 3.03. The molecule has 2 heterocycles. The van der Waals surface area contributed by atoms with Gasteiger partial charge in [0.05, 0.1) is 0 Å². The van der Waals surface area contributed by atoms with E-state index in [1.54, 1.807) is 14.0 Å². The summed E-state index contributed by atoms with van der Waals surface area (Å²) in [6.45, 7) is 1.80. The minimum atomic E-state index is -0.370. The number of nitrogens with one attached hydrogen (secondary N) is 1. The van der Waals surface area contributed by atoms with Crippen molar-refractivity contribution in [1.29, 1.82) is 0 Å². The summed E-state index contributed by atoms with van der Waals surface area (Å²) < 4.78 is 7.05. The van der Waals surface area contributed by atoms with Crippen molar-refractivity contribution in [2.45, 2.75) is 13.0 Å². The van der Waals surface area contributed by atoms with Crippen LogP contribution in [-0.2, 0) is 7.05 Å². The first-order valence-electron chi connectivity index (χ1n) is 6.40. The van der Waals surface area contributed by atoms with Crippen molar-refractivity contribution in [2.75, 3.05) is 0 Å². The molecule has 0 aliphatic heterocycles. The standard InChI is InChI=1S/C14H13ClN4O2/c1-8(14-17-9-5-3-4-6-11(9)21-14)16-13(20)10-7-12(15)19(2)18-10/h3-8H,1-2H3,(H,16,20). The second-order valence-corrected chi connectivity index (χ2v) is 5.08. The molecule has 0 bridgehead atoms. The van der Waals surface area contributed by atoms with Crippen LogP contribution in [0.15, 0.2) is 34.7 Å². The monoisotopic (exact) mass is 304 g/mol. The molecule has 1 N–H and O–H groups in total. The van der Waals surface area contributed by atoms with Crippen LogP contribution in [0.4, 0.5) is 0 Å². The van der Waals surface area contributed by atoms with Crippen LogP contribution in [0.25, 0.3) is 11.1 Å². The van der Waals surface area contributed by atoms with Gasteiger partial charge in [-0.3, -0.25) is 9.48 Å². The third-order valence-corrected chi connectivity index (χ3v) is 3.44. The molecule has 0 spiro atoms. The third kappa shape index (κ3) is 2.62. The van der Waals surface area contributed by atoms with Crippen molar-refractivity contribution < 1.29 is 9.21 Å². The van der Waals surface area contributed by atoms with Crippen LogP contribution >= 0.6 is 11.6 Å². The first-order chi connectivity index (χ1) is 10.0. The van der Waals surface area contributed by atoms with Crippen LogP contribution in [0.3, 0.4) is 0 Å². The van der Waals surface area contributed by atoms with Crippen LogP contribution in [0, 0.1) is 0 Å². The maximum atomic E-state index is 12.1. The Kier molecular flexibility index (Phi) is 3.39. The number of oxazole rings is 1. The summed E-state index contributed by atoms with van der Waals surface area (Å²) in [6.07, 6.45) is 0. The zero-order valence-corrected chi connectivity index (χ0v) is 12.3. The SMILES string of the molecule is CC(NC(=O)c1cc(Cl)n(C)n1)c1nc2ccccc2o1. The highest BCUT2D eigenvalue weighted by Gasteiger charge is 2.19. The van der Waals surface area contributed by atoms with Crippen LogP contribution in [0.5, 0.6) is 0 Å². The van der Waals surface area contributed by atoms with E-state index in [2.05, 4.69) is 15.4 Å². The molecule has 1 atom stereocenters. The van der Waals surface area contributed by atoms with E-state index in [4.69, 9.17) is 16.0 Å². The van der Waals surface area contributed by atoms with E-state index < -0.39 is 0 Å². The number of hydrogen-bond acceptors (Lipinski definition) is 4. The number of nitrogens with zero attached hydrogens (tertiary/aromatic N) is 3. The number of carbonyl (C=O) groups excluding carboxylic acids is 1. The fourth-order valence-electron chi connectivity index (χ4n) is 1.96. The largest absolute Gasteiger partial charge is 0.438 e. The number of amides is 1. The van der Waals surface area contributed by atoms with Crippen molar-refractivity contribution in [3.05, 3.63) is 47.1 Å². The highest BCUT2D eigenvalue weighted by atomic mass is 35.5. The zero-order chi connectivity index (χ0) is 15.0. The van der Waals surface area contributed by atoms with Crippen LogP contribution < -0.4 is 5.32 Å². The number of aryl methyl sites for hydroxylation is 1. The number of carbonyl (C=O) groups is 1. The highest BCUT2D eigenvalue weighted by molar-refractivity contribution is 6.29. The Morgan fingerprint density at radius 1 is 1.43 bits per heavy atom. The van der Waals surface area contributed by atoms with E-state index in [9.17, 15) is 4.79 Å². The molecule has 0 aliphatic rings. The van der Waals surface area contributed by atoms with Gasteiger partial charge in [0.1, 0.15) is 16.7 Å². The Bertz CT molecular complexity index is 756. The Morgan fingerprint density at radius 2 is 2.19 bits per heavy atom. The fraction of sp³-hybridized carbons (Fsp3) is 0.214. The zero-order valence-electron chi connectivity index (χ0n) is 11.5. The topological polar surface area (TPSA) is 73.0 Å². The van der Waals surface area contributed by atoms with E-state index in [0.29, 0.717) is 16.6 Å². The summed E-state index contributed by atoms with van der Waals surface area (Å²) in [5.74, 6) is 0.124. The van der Waals surface area contributed by atoms with Crippen molar-refractivity contribution in [3.8, 4) is 0 Å². The average molecular weight is 305 g/mol. The molecule has 0 saturated heterocycles. The molecule has 6 nitrogen and oxygen atoms in total. The summed E-state index contributed by atoms with van der Waals surface area (Å²) >= 11 is 5.87. The minimum Gasteiger partial charge on any atom is -0.438 e. The van der Waals surface area contributed by atoms with Gasteiger partial charge >= 0.3 is 0 Å². The molecule has 0 radical (unpaired) electrons. The predicted octanol–water partition coefficient (Wildman–Crippen LogP) is 2.71. The van der Waals surface area contributed by atoms with Gasteiger partial charge < -0.3 is 9.73 Å². The molecule has 108 valence electrons. The van der Waals surface area contributed by atoms with E-state index in [1.165, 1.54) is 10.7 Å². The van der Waals surface area contributed by atoms with Gasteiger partial charge in [-0.2, -0.15) is 5.10 Å². The molecule has 2 aromatic heterocycles. The molecular weight excluding hydrogens is 292 g/mol. The lowest BCUT2D eigenvalue weighted by Gasteiger charge is -2.08. The maximum absolute atomic E-state index is 12.1. The summed E-state index contributed by atoms with van der Waals surface area (Å²) in [6, 6.07) is 8.58. The van der Waals surface area contributed by atoms with Crippen LogP contribution in [0.1, 0.15) is 29.3 Å². The third-order valence-electron chi connectivity index (χ3n) is 3.08. The van der Waals surface area contributed by atoms with Gasteiger partial charge in [-0.15, -0.1) is 0 Å². The Balaban J connectivity index is 1.79. The lowest BCUT2D eigenvalue weighted by Crippen LogP contribution is -2.27. The van der Waals surface area contributed by atoms with Gasteiger partial charge in [0.2, 0.25) is 5.89 Å². The molecule has 0 fully saturated rings. The fourth-order valence-corrected chi connectivity index (χ4v) is 2.10. The number of rotatable bonds is 3. The molecule has 7 heteroatoms. The van der Waals surface area contributed by atoms with Gasteiger partial charge in [0.25, 0.3) is 5.91 Å². The van der Waals surface area contributed by atoms with Gasteiger partial charge in [0.15, 0.2) is 11.3 Å². The van der Waals surface area contributed by atoms with Crippen molar-refractivity contribution in [1.82, 2.24) is 20.1 Å². The molecule has 1 amide bonds. The lowest BCUT2D eigenvalue weighted by atomic mass is 10.3. The van der Waals surface area contributed by atoms with E-state index in [0.717, 1.165) is 5.52 Å². The summed E-state index contributed by atoms with van der Waals surface area (Å²) in [5.41, 5.74) is 1.70. The predicted molar refractivity (Wildman–Crippen MR) is 78.1 cm³/mol. The van der Waals surface area contributed by atoms with Crippen LogP contribution in [0.2, 0.25) is 5.15 Å². The van der Waals surface area contributed by atoms with Gasteiger partial charge in [-0.1, -0.05) is 23.7 Å². The first kappa shape index (κ1) is 13.6. The van der Waals surface area contributed by atoms with Gasteiger partial charge in [0, 0.05) is 13.1 Å². The second-order valence-electron chi connectivity index (χ2n) is 4.69. The Labute approximate surface area is 125 Å². The van der Waals surface area contributed by atoms with Gasteiger partial charge in [-0.05, 0) is 19.1 Å². The molecule has 21 heavy (non-hydrogen) atoms. The molecular formula is C14H13ClN4O2. The minimum absolute atomic E-state index is 0.255. The number of para-hydroxylation sites is 2. The number of halogens is 1. The van der Waals surface area contributed by atoms with Crippen molar-refractivity contribution in [3.63, 3.8) is 0 Å². The number of fused-ring (bicyclic) bond motifs is 1. The van der Waals surface area contributed by atoms with E-state index >= 15 is 0 Å². The number of benzene rings is 1. The molecule has 0 saturated carbocycles. The molecule has 1 unspecified atom stereocenters. The molecule has 3 rings (SSSR count). The summed E-state index contributed by atoms with van der Waals surface area (Å²) in [5, 5.41) is 7.20. The maximum Gasteiger partial charge on any atom is 0.272 e. The lowest BCUT2D eigenvalue weighted by molar-refractivity contribution is 0.0928. The molecule has 1 aromatic carbocycles. The Morgan fingerprint density at radius 3 is 2.86 bits per heavy atom. The summed E-state index contributed by atoms with van der Waals surface area (Å²) in [7, 11) is 1.67. The quantitative estimate of drug-likeness (QED) is 0.807. The molecule has 3 aromatic rings. The smallest absolute Gasteiger partial charge is 0.272 e. The summed E-state index contributed by atoms with van der Waals surface area (Å²) in [4.78, 5) is 16.4. The van der Waals surface area contributed by atoms with E-state index in [1.807, 2.05) is 24.3 Å². The molecule has 0 aliphatic carbocycles. The highest BCUT2D eigenvalue weighted by Crippen LogP contribution is 2.20. The van der Waals surface area contributed by atoms with E-state index in [-0.39, 0.29) is 17.6 Å². The van der Waals surface area contributed by atoms with Crippen molar-refractivity contribution in [2.24, 2.45) is 7.05 Å². The second kappa shape index (κ2) is 5.21. The van der Waals surface area contributed by atoms with Crippen LogP contribution in [-0.4, -0.2) is 20.7 Å².